The number of hydrogen-bond donors (Lipinski definition) is 0. The second-order valence-electron chi connectivity index (χ2n) is 15.1. The van der Waals surface area contributed by atoms with Crippen molar-refractivity contribution in [3.8, 4) is 29.1 Å². The molecule has 0 spiro atoms. The van der Waals surface area contributed by atoms with Crippen LogP contribution < -0.4 is 18.9 Å². The van der Waals surface area contributed by atoms with E-state index in [0.717, 1.165) is 46.8 Å². The molecular weight excluding hydrogens is 861 g/mol. The Hall–Kier alpha value is -6.62. The number of esters is 6. The molecule has 1 heterocycles. The second-order valence-corrected chi connectivity index (χ2v) is 17.4. The first-order valence-electron chi connectivity index (χ1n) is 20.7. The molecular formula is C48H44N2O12S2. The van der Waals surface area contributed by atoms with E-state index < -0.39 is 47.5 Å². The molecule has 64 heavy (non-hydrogen) atoms. The number of nitriles is 1. The van der Waals surface area contributed by atoms with Gasteiger partial charge in [-0.2, -0.15) is 0 Å². The summed E-state index contributed by atoms with van der Waals surface area (Å²) < 4.78 is 33.4. The van der Waals surface area contributed by atoms with Crippen molar-refractivity contribution in [2.45, 2.75) is 74.0 Å². The molecule has 6 rings (SSSR count). The van der Waals surface area contributed by atoms with Crippen LogP contribution in [-0.2, 0) is 51.1 Å². The Morgan fingerprint density at radius 2 is 0.938 bits per heavy atom. The van der Waals surface area contributed by atoms with Gasteiger partial charge < -0.3 is 28.4 Å². The topological polar surface area (TPSA) is 186 Å². The summed E-state index contributed by atoms with van der Waals surface area (Å²) in [7, 11) is 0. The smallest absolute Gasteiger partial charge is 0.330 e. The van der Waals surface area contributed by atoms with Crippen molar-refractivity contribution in [1.82, 2.24) is 0 Å². The van der Waals surface area contributed by atoms with Crippen molar-refractivity contribution >= 4 is 59.3 Å². The molecule has 1 aliphatic heterocycles. The number of fused-ring (bicyclic) bond motifs is 1. The highest BCUT2D eigenvalue weighted by Gasteiger charge is 2.36. The number of nitrogens with zero attached hydrogens (tertiary/aromatic N) is 2. The lowest BCUT2D eigenvalue weighted by molar-refractivity contribution is -0.145. The predicted octanol–water partition coefficient (Wildman–Crippen LogP) is 8.67. The summed E-state index contributed by atoms with van der Waals surface area (Å²) in [4.78, 5) is 79.7. The second kappa shape index (κ2) is 22.6. The van der Waals surface area contributed by atoms with Gasteiger partial charge in [-0.25, -0.2) is 19.7 Å². The largest absolute Gasteiger partial charge is 0.462 e. The highest BCUT2D eigenvalue weighted by Crippen LogP contribution is 2.59. The van der Waals surface area contributed by atoms with Gasteiger partial charge >= 0.3 is 35.8 Å². The number of ether oxygens (including phenoxy) is 6. The van der Waals surface area contributed by atoms with E-state index in [2.05, 4.69) is 18.0 Å². The fourth-order valence-corrected chi connectivity index (χ4v) is 9.79. The summed E-state index contributed by atoms with van der Waals surface area (Å²) in [5, 5.41) is 9.63. The van der Waals surface area contributed by atoms with Gasteiger partial charge in [0.1, 0.15) is 23.0 Å². The summed E-state index contributed by atoms with van der Waals surface area (Å²) in [6.45, 7) is 14.6. The Balaban J connectivity index is 1.00. The van der Waals surface area contributed by atoms with Gasteiger partial charge in [0.25, 0.3) is 5.70 Å². The Bertz CT molecular complexity index is 2240. The van der Waals surface area contributed by atoms with Crippen molar-refractivity contribution in [2.75, 3.05) is 13.2 Å². The van der Waals surface area contributed by atoms with Crippen LogP contribution in [0.3, 0.4) is 0 Å². The van der Waals surface area contributed by atoms with E-state index in [9.17, 15) is 34.0 Å². The lowest BCUT2D eigenvalue weighted by Crippen LogP contribution is -2.30. The van der Waals surface area contributed by atoms with Crippen molar-refractivity contribution in [3.05, 3.63) is 118 Å². The van der Waals surface area contributed by atoms with Gasteiger partial charge in [-0.1, -0.05) is 60.9 Å². The molecule has 0 amide bonds. The highest BCUT2D eigenvalue weighted by molar-refractivity contribution is 8.24. The van der Waals surface area contributed by atoms with Gasteiger partial charge in [0.2, 0.25) is 0 Å². The standard InChI is InChI=1S/C48H44N2O12S2/c1-4-40(51)57-26-24-29-6-18-35(19-7-29)59-44(53)31-10-14-33(15-11-31)46(55)61-38-22-23-39(43-42(38)63-48(64-43)37(28-49)50-3)62-47(56)34-16-12-32(13-17-34)45(54)60-36-20-8-30(9-21-36)25-27-58-41(52)5-2/h4-9,18-23,31-34H,1-2,10-17,24-27H2. The molecule has 0 aromatic heterocycles. The summed E-state index contributed by atoms with van der Waals surface area (Å²) in [6, 6.07) is 18.8. The van der Waals surface area contributed by atoms with E-state index in [0.29, 0.717) is 89.7 Å². The Morgan fingerprint density at radius 1 is 0.594 bits per heavy atom. The third-order valence-electron chi connectivity index (χ3n) is 10.9. The first-order chi connectivity index (χ1) is 31.0. The van der Waals surface area contributed by atoms with Crippen LogP contribution in [0.25, 0.3) is 4.85 Å². The molecule has 2 saturated carbocycles. The maximum atomic E-state index is 13.5. The molecule has 3 aromatic rings. The Morgan fingerprint density at radius 3 is 1.25 bits per heavy atom. The van der Waals surface area contributed by atoms with Gasteiger partial charge in [-0.3, -0.25) is 19.2 Å². The Kier molecular flexibility index (Phi) is 16.6. The monoisotopic (exact) mass is 904 g/mol. The predicted molar refractivity (Wildman–Crippen MR) is 233 cm³/mol. The van der Waals surface area contributed by atoms with Crippen LogP contribution in [0.2, 0.25) is 0 Å². The van der Waals surface area contributed by atoms with E-state index in [1.807, 2.05) is 6.07 Å². The number of thioether (sulfide) groups is 2. The Labute approximate surface area is 378 Å². The third kappa shape index (κ3) is 12.5. The lowest BCUT2D eigenvalue weighted by atomic mass is 9.82. The molecule has 0 atom stereocenters. The van der Waals surface area contributed by atoms with E-state index in [1.54, 1.807) is 48.5 Å². The molecule has 14 nitrogen and oxygen atoms in total. The van der Waals surface area contributed by atoms with Gasteiger partial charge in [-0.15, -0.1) is 0 Å². The average Bonchev–Trinajstić information content (AvgIpc) is 3.77. The van der Waals surface area contributed by atoms with Crippen LogP contribution in [0.5, 0.6) is 23.0 Å². The number of hydrogen-bond acceptors (Lipinski definition) is 15. The van der Waals surface area contributed by atoms with Crippen molar-refractivity contribution in [3.63, 3.8) is 0 Å². The minimum atomic E-state index is -0.496. The number of allylic oxidation sites excluding steroid dienone is 1. The zero-order valence-corrected chi connectivity index (χ0v) is 36.4. The van der Waals surface area contributed by atoms with Gasteiger partial charge in [0.15, 0.2) is 0 Å². The van der Waals surface area contributed by atoms with Crippen LogP contribution >= 0.6 is 23.5 Å². The first kappa shape index (κ1) is 46.9. The molecule has 0 bridgehead atoms. The molecule has 3 aromatic carbocycles. The van der Waals surface area contributed by atoms with Crippen LogP contribution in [0.4, 0.5) is 0 Å². The summed E-state index contributed by atoms with van der Waals surface area (Å²) in [5.74, 6) is -3.36. The van der Waals surface area contributed by atoms with Crippen LogP contribution in [0.1, 0.15) is 62.5 Å². The van der Waals surface area contributed by atoms with Crippen LogP contribution in [0, 0.1) is 41.6 Å². The molecule has 3 aliphatic rings. The lowest BCUT2D eigenvalue weighted by Gasteiger charge is -2.26. The molecule has 330 valence electrons. The normalized spacial score (nSPS) is 18.7. The fraction of sp³-hybridized carbons (Fsp3) is 0.333. The van der Waals surface area contributed by atoms with Crippen LogP contribution in [-0.4, -0.2) is 49.0 Å². The quantitative estimate of drug-likeness (QED) is 0.0437. The van der Waals surface area contributed by atoms with Crippen molar-refractivity contribution in [2.24, 2.45) is 23.7 Å². The van der Waals surface area contributed by atoms with Crippen molar-refractivity contribution in [1.29, 1.82) is 5.26 Å². The summed E-state index contributed by atoms with van der Waals surface area (Å²) >= 11 is 2.18. The van der Waals surface area contributed by atoms with E-state index in [-0.39, 0.29) is 42.3 Å². The molecule has 0 N–H and O–H groups in total. The number of rotatable bonds is 16. The highest BCUT2D eigenvalue weighted by atomic mass is 32.2. The van der Waals surface area contributed by atoms with E-state index in [4.69, 9.17) is 35.0 Å². The third-order valence-corrected chi connectivity index (χ3v) is 13.5. The first-order valence-corrected chi connectivity index (χ1v) is 22.3. The number of carbonyl (C=O) groups excluding carboxylic acids is 6. The van der Waals surface area contributed by atoms with E-state index >= 15 is 0 Å². The minimum Gasteiger partial charge on any atom is -0.462 e. The molecule has 0 saturated heterocycles. The van der Waals surface area contributed by atoms with Crippen molar-refractivity contribution < 1.29 is 57.2 Å². The summed E-state index contributed by atoms with van der Waals surface area (Å²) in [6.07, 6.45) is 6.45. The van der Waals surface area contributed by atoms with Gasteiger partial charge in [0, 0.05) is 25.0 Å². The summed E-state index contributed by atoms with van der Waals surface area (Å²) in [5.41, 5.74) is 1.65. The fourth-order valence-electron chi connectivity index (χ4n) is 7.32. The van der Waals surface area contributed by atoms with E-state index in [1.165, 1.54) is 12.1 Å². The van der Waals surface area contributed by atoms with Gasteiger partial charge in [-0.05, 0) is 98.9 Å². The van der Waals surface area contributed by atoms with Gasteiger partial charge in [0.05, 0.1) is 63.6 Å². The molecule has 2 aliphatic carbocycles. The molecule has 0 radical (unpaired) electrons. The minimum absolute atomic E-state index is 0.152. The maximum absolute atomic E-state index is 13.5. The molecule has 2 fully saturated rings. The molecule has 16 heteroatoms. The molecule has 0 unspecified atom stereocenters. The maximum Gasteiger partial charge on any atom is 0.330 e. The van der Waals surface area contributed by atoms with Crippen LogP contribution in [0.15, 0.2) is 106 Å². The number of carbonyl (C=O) groups is 6. The zero-order chi connectivity index (χ0) is 45.6. The zero-order valence-electron chi connectivity index (χ0n) is 34.7. The average molecular weight is 905 g/mol. The SMILES string of the molecule is [C-]#[N+]C(C#N)=C1Sc2c(OC(=O)C3CCC(C(=O)Oc4ccc(CCOC(=O)C=C)cc4)CC3)ccc(OC(=O)C3CCC(C(=O)Oc4ccc(CCOC(=O)C=C)cc4)CC3)c2S1. The number of benzene rings is 3.